The molecule has 20 heavy (non-hydrogen) atoms. The molecule has 1 aromatic carbocycles. The molecule has 0 saturated carbocycles. The summed E-state index contributed by atoms with van der Waals surface area (Å²) in [5, 5.41) is 6.03. The van der Waals surface area contributed by atoms with E-state index in [1.807, 2.05) is 24.0 Å². The van der Waals surface area contributed by atoms with Gasteiger partial charge in [-0.25, -0.2) is 0 Å². The number of nitrogens with two attached hydrogens (primary N) is 1. The zero-order chi connectivity index (χ0) is 14.5. The number of hydrogen-bond donors (Lipinski definition) is 3. The predicted octanol–water partition coefficient (Wildman–Crippen LogP) is -0.300. The van der Waals surface area contributed by atoms with Gasteiger partial charge in [0.2, 0.25) is 5.91 Å². The van der Waals surface area contributed by atoms with Gasteiger partial charge < -0.3 is 21.3 Å². The first-order valence-electron chi connectivity index (χ1n) is 6.79. The molecule has 1 aliphatic rings. The normalized spacial score (nSPS) is 18.6. The third-order valence-corrected chi connectivity index (χ3v) is 3.38. The van der Waals surface area contributed by atoms with Crippen LogP contribution < -0.4 is 21.3 Å². The number of piperazine rings is 1. The van der Waals surface area contributed by atoms with E-state index in [-0.39, 0.29) is 11.9 Å². The standard InChI is InChI=1S/C14H20N4O2/c1-2-17-14(20)12-9-16-7-8-18(12)11-6-4-3-5-10(11)13(15)19/h3-6,12,16H,2,7-9H2,1H3,(H2,15,19)(H,17,20). The van der Waals surface area contributed by atoms with Crippen molar-refractivity contribution in [2.75, 3.05) is 31.1 Å². The summed E-state index contributed by atoms with van der Waals surface area (Å²) in [7, 11) is 0. The summed E-state index contributed by atoms with van der Waals surface area (Å²) in [6, 6.07) is 6.81. The summed E-state index contributed by atoms with van der Waals surface area (Å²) in [5.74, 6) is -0.521. The van der Waals surface area contributed by atoms with Gasteiger partial charge in [0.15, 0.2) is 0 Å². The highest BCUT2D eigenvalue weighted by molar-refractivity contribution is 5.99. The van der Waals surface area contributed by atoms with Crippen LogP contribution in [0.1, 0.15) is 17.3 Å². The SMILES string of the molecule is CCNC(=O)C1CNCCN1c1ccccc1C(N)=O. The number of benzene rings is 1. The summed E-state index contributed by atoms with van der Waals surface area (Å²) >= 11 is 0. The van der Waals surface area contributed by atoms with Crippen molar-refractivity contribution >= 4 is 17.5 Å². The van der Waals surface area contributed by atoms with Crippen molar-refractivity contribution in [2.24, 2.45) is 5.73 Å². The lowest BCUT2D eigenvalue weighted by molar-refractivity contribution is -0.122. The Morgan fingerprint density at radius 1 is 1.45 bits per heavy atom. The van der Waals surface area contributed by atoms with Crippen molar-refractivity contribution in [3.05, 3.63) is 29.8 Å². The molecule has 1 fully saturated rings. The van der Waals surface area contributed by atoms with Crippen molar-refractivity contribution < 1.29 is 9.59 Å². The Bertz CT molecular complexity index is 504. The van der Waals surface area contributed by atoms with Crippen LogP contribution in [0.5, 0.6) is 0 Å². The second kappa shape index (κ2) is 6.38. The molecule has 1 saturated heterocycles. The number of carbonyl (C=O) groups is 2. The smallest absolute Gasteiger partial charge is 0.250 e. The van der Waals surface area contributed by atoms with Crippen molar-refractivity contribution in [1.82, 2.24) is 10.6 Å². The minimum absolute atomic E-state index is 0.0426. The first kappa shape index (κ1) is 14.3. The van der Waals surface area contributed by atoms with E-state index in [1.54, 1.807) is 12.1 Å². The predicted molar refractivity (Wildman–Crippen MR) is 77.6 cm³/mol. The molecule has 2 amide bonds. The molecule has 1 aromatic rings. The Hall–Kier alpha value is -2.08. The average molecular weight is 276 g/mol. The maximum absolute atomic E-state index is 12.2. The van der Waals surface area contributed by atoms with Crippen molar-refractivity contribution in [3.8, 4) is 0 Å². The van der Waals surface area contributed by atoms with Gasteiger partial charge in [-0.15, -0.1) is 0 Å². The molecule has 1 atom stereocenters. The van der Waals surface area contributed by atoms with Crippen LogP contribution in [0.25, 0.3) is 0 Å². The number of carbonyl (C=O) groups excluding carboxylic acids is 2. The van der Waals surface area contributed by atoms with Crippen LogP contribution >= 0.6 is 0 Å². The molecule has 1 heterocycles. The Morgan fingerprint density at radius 3 is 2.90 bits per heavy atom. The van der Waals surface area contributed by atoms with Gasteiger partial charge in [-0.3, -0.25) is 9.59 Å². The molecule has 0 aliphatic carbocycles. The van der Waals surface area contributed by atoms with Crippen LogP contribution in [0.4, 0.5) is 5.69 Å². The van der Waals surface area contributed by atoms with Gasteiger partial charge in [-0.05, 0) is 19.1 Å². The van der Waals surface area contributed by atoms with E-state index in [9.17, 15) is 9.59 Å². The highest BCUT2D eigenvalue weighted by Gasteiger charge is 2.30. The van der Waals surface area contributed by atoms with Gasteiger partial charge in [0.05, 0.1) is 11.3 Å². The molecule has 1 aliphatic heterocycles. The molecule has 0 bridgehead atoms. The van der Waals surface area contributed by atoms with E-state index in [0.717, 1.165) is 12.2 Å². The van der Waals surface area contributed by atoms with E-state index >= 15 is 0 Å². The molecular weight excluding hydrogens is 256 g/mol. The van der Waals surface area contributed by atoms with Crippen molar-refractivity contribution in [3.63, 3.8) is 0 Å². The van der Waals surface area contributed by atoms with E-state index < -0.39 is 5.91 Å². The van der Waals surface area contributed by atoms with Gasteiger partial charge >= 0.3 is 0 Å². The molecule has 0 spiro atoms. The van der Waals surface area contributed by atoms with E-state index in [0.29, 0.717) is 25.2 Å². The number of likely N-dealkylation sites (N-methyl/N-ethyl adjacent to an activating group) is 1. The van der Waals surface area contributed by atoms with Gasteiger partial charge in [-0.2, -0.15) is 0 Å². The number of nitrogens with one attached hydrogen (secondary N) is 2. The quantitative estimate of drug-likeness (QED) is 0.704. The third kappa shape index (κ3) is 2.91. The molecule has 4 N–H and O–H groups in total. The molecular formula is C14H20N4O2. The number of para-hydroxylation sites is 1. The maximum Gasteiger partial charge on any atom is 0.250 e. The fraction of sp³-hybridized carbons (Fsp3) is 0.429. The van der Waals surface area contributed by atoms with Crippen LogP contribution in [0, 0.1) is 0 Å². The van der Waals surface area contributed by atoms with Crippen LogP contribution in [0.15, 0.2) is 24.3 Å². The summed E-state index contributed by atoms with van der Waals surface area (Å²) in [4.78, 5) is 25.6. The largest absolute Gasteiger partial charge is 0.366 e. The van der Waals surface area contributed by atoms with Crippen LogP contribution in [-0.4, -0.2) is 44.0 Å². The van der Waals surface area contributed by atoms with Gasteiger partial charge in [0, 0.05) is 26.2 Å². The van der Waals surface area contributed by atoms with Crippen LogP contribution in [-0.2, 0) is 4.79 Å². The van der Waals surface area contributed by atoms with Gasteiger partial charge in [0.25, 0.3) is 5.91 Å². The maximum atomic E-state index is 12.2. The number of nitrogens with zero attached hydrogens (tertiary/aromatic N) is 1. The second-order valence-corrected chi connectivity index (χ2v) is 4.69. The average Bonchev–Trinajstić information content (AvgIpc) is 2.47. The van der Waals surface area contributed by atoms with Gasteiger partial charge in [-0.1, -0.05) is 12.1 Å². The first-order valence-corrected chi connectivity index (χ1v) is 6.79. The molecule has 2 rings (SSSR count). The molecule has 1 unspecified atom stereocenters. The molecule has 6 nitrogen and oxygen atoms in total. The lowest BCUT2D eigenvalue weighted by Crippen LogP contribution is -2.58. The number of hydrogen-bond acceptors (Lipinski definition) is 4. The van der Waals surface area contributed by atoms with Crippen LogP contribution in [0.3, 0.4) is 0 Å². The third-order valence-electron chi connectivity index (χ3n) is 3.38. The Kier molecular flexibility index (Phi) is 4.57. The Balaban J connectivity index is 2.33. The fourth-order valence-corrected chi connectivity index (χ4v) is 2.45. The van der Waals surface area contributed by atoms with Crippen molar-refractivity contribution in [2.45, 2.75) is 13.0 Å². The monoisotopic (exact) mass is 276 g/mol. The molecule has 0 aromatic heterocycles. The topological polar surface area (TPSA) is 87.5 Å². The lowest BCUT2D eigenvalue weighted by Gasteiger charge is -2.37. The lowest BCUT2D eigenvalue weighted by atomic mass is 10.1. The molecule has 0 radical (unpaired) electrons. The minimum atomic E-state index is -0.478. The van der Waals surface area contributed by atoms with E-state index in [1.165, 1.54) is 0 Å². The zero-order valence-corrected chi connectivity index (χ0v) is 11.6. The fourth-order valence-electron chi connectivity index (χ4n) is 2.45. The minimum Gasteiger partial charge on any atom is -0.366 e. The highest BCUT2D eigenvalue weighted by Crippen LogP contribution is 2.23. The highest BCUT2D eigenvalue weighted by atomic mass is 16.2. The number of anilines is 1. The van der Waals surface area contributed by atoms with Crippen molar-refractivity contribution in [1.29, 1.82) is 0 Å². The summed E-state index contributed by atoms with van der Waals surface area (Å²) in [5.41, 5.74) is 6.59. The van der Waals surface area contributed by atoms with Crippen LogP contribution in [0.2, 0.25) is 0 Å². The zero-order valence-electron chi connectivity index (χ0n) is 11.6. The summed E-state index contributed by atoms with van der Waals surface area (Å²) < 4.78 is 0. The van der Waals surface area contributed by atoms with E-state index in [4.69, 9.17) is 5.73 Å². The Labute approximate surface area is 118 Å². The summed E-state index contributed by atoms with van der Waals surface area (Å²) in [6.45, 7) is 4.45. The second-order valence-electron chi connectivity index (χ2n) is 4.69. The Morgan fingerprint density at radius 2 is 2.20 bits per heavy atom. The summed E-state index contributed by atoms with van der Waals surface area (Å²) in [6.07, 6.45) is 0. The first-order chi connectivity index (χ1) is 9.65. The number of primary amides is 1. The number of amides is 2. The van der Waals surface area contributed by atoms with Gasteiger partial charge in [0.1, 0.15) is 6.04 Å². The molecule has 108 valence electrons. The number of rotatable bonds is 4. The van der Waals surface area contributed by atoms with E-state index in [2.05, 4.69) is 10.6 Å². The molecule has 6 heteroatoms.